The molecule has 3 nitrogen and oxygen atoms in total. The molecule has 5 heteroatoms. The van der Waals surface area contributed by atoms with Gasteiger partial charge in [0.2, 0.25) is 18.1 Å². The maximum Gasteiger partial charge on any atom is 0.240 e. The van der Waals surface area contributed by atoms with Crippen LogP contribution in [0.3, 0.4) is 0 Å². The number of rotatable bonds is 5. The van der Waals surface area contributed by atoms with Crippen molar-refractivity contribution in [2.75, 3.05) is 0 Å². The predicted octanol–water partition coefficient (Wildman–Crippen LogP) is 5.30. The fourth-order valence-corrected chi connectivity index (χ4v) is 4.52. The molecular formula is C21H16NO2S2+. The number of pyridine rings is 1. The molecule has 0 fully saturated rings. The lowest BCUT2D eigenvalue weighted by Gasteiger charge is -2.04. The molecule has 2 heterocycles. The third kappa shape index (κ3) is 3.64. The van der Waals surface area contributed by atoms with Crippen molar-refractivity contribution in [1.82, 2.24) is 0 Å². The molecule has 0 saturated heterocycles. The summed E-state index contributed by atoms with van der Waals surface area (Å²) in [5, 5.41) is 1.07. The number of thiophene rings is 1. The zero-order valence-corrected chi connectivity index (χ0v) is 15.7. The van der Waals surface area contributed by atoms with Crippen LogP contribution in [0.15, 0.2) is 82.8 Å². The minimum atomic E-state index is 0.711. The lowest BCUT2D eigenvalue weighted by Crippen LogP contribution is -2.38. The van der Waals surface area contributed by atoms with Gasteiger partial charge >= 0.3 is 0 Å². The normalized spacial score (nSPS) is 10.8. The van der Waals surface area contributed by atoms with Crippen molar-refractivity contribution in [3.8, 4) is 5.75 Å². The number of aryl methyl sites for hydroxylation is 1. The van der Waals surface area contributed by atoms with Crippen LogP contribution >= 0.6 is 23.1 Å². The average molecular weight is 378 g/mol. The Bertz CT molecular complexity index is 1060. The van der Waals surface area contributed by atoms with E-state index in [-0.39, 0.29) is 0 Å². The van der Waals surface area contributed by atoms with E-state index in [0.29, 0.717) is 4.88 Å². The van der Waals surface area contributed by atoms with E-state index < -0.39 is 0 Å². The first-order valence-corrected chi connectivity index (χ1v) is 9.76. The number of aromatic nitrogens is 1. The molecule has 26 heavy (non-hydrogen) atoms. The van der Waals surface area contributed by atoms with E-state index in [1.54, 1.807) is 16.5 Å². The van der Waals surface area contributed by atoms with Gasteiger partial charge in [-0.25, -0.2) is 4.84 Å². The monoisotopic (exact) mass is 378 g/mol. The van der Waals surface area contributed by atoms with Gasteiger partial charge in [-0.1, -0.05) is 47.7 Å². The molecule has 0 bridgehead atoms. The fourth-order valence-electron chi connectivity index (χ4n) is 2.58. The van der Waals surface area contributed by atoms with Crippen LogP contribution in [0.2, 0.25) is 0 Å². The van der Waals surface area contributed by atoms with Crippen molar-refractivity contribution in [3.63, 3.8) is 0 Å². The third-order valence-corrected chi connectivity index (χ3v) is 5.90. The second-order valence-corrected chi connectivity index (χ2v) is 8.08. The Kier molecular flexibility index (Phi) is 4.73. The lowest BCUT2D eigenvalue weighted by molar-refractivity contribution is -0.875. The van der Waals surface area contributed by atoms with Gasteiger partial charge in [-0.3, -0.25) is 4.79 Å². The number of carbonyl (C=O) groups is 1. The summed E-state index contributed by atoms with van der Waals surface area (Å²) in [6.45, 7) is 2.08. The Morgan fingerprint density at radius 2 is 1.81 bits per heavy atom. The number of hydrogen-bond acceptors (Lipinski definition) is 4. The van der Waals surface area contributed by atoms with E-state index in [0.717, 1.165) is 31.9 Å². The van der Waals surface area contributed by atoms with Gasteiger partial charge in [0.25, 0.3) is 0 Å². The number of aldehydes is 1. The largest absolute Gasteiger partial charge is 0.297 e. The van der Waals surface area contributed by atoms with Crippen molar-refractivity contribution in [2.45, 2.75) is 16.7 Å². The second-order valence-electron chi connectivity index (χ2n) is 5.85. The molecule has 0 spiro atoms. The molecule has 0 saturated carbocycles. The van der Waals surface area contributed by atoms with E-state index in [1.807, 2.05) is 48.8 Å². The van der Waals surface area contributed by atoms with Crippen LogP contribution in [0.1, 0.15) is 15.2 Å². The van der Waals surface area contributed by atoms with E-state index in [2.05, 4.69) is 31.2 Å². The summed E-state index contributed by atoms with van der Waals surface area (Å²) in [6.07, 6.45) is 4.77. The summed E-state index contributed by atoms with van der Waals surface area (Å²) >= 11 is 3.13. The van der Waals surface area contributed by atoms with Gasteiger partial charge in [-0.05, 0) is 37.3 Å². The number of fused-ring (bicyclic) bond motifs is 1. The summed E-state index contributed by atoms with van der Waals surface area (Å²) in [4.78, 5) is 20.1. The zero-order chi connectivity index (χ0) is 17.9. The Balaban J connectivity index is 1.76. The highest BCUT2D eigenvalue weighted by atomic mass is 32.2. The molecule has 4 rings (SSSR count). The fraction of sp³-hybridized carbons (Fsp3) is 0.0476. The molecule has 0 aliphatic carbocycles. The van der Waals surface area contributed by atoms with Gasteiger partial charge in [0, 0.05) is 15.0 Å². The minimum Gasteiger partial charge on any atom is -0.297 e. The van der Waals surface area contributed by atoms with Crippen molar-refractivity contribution < 1.29 is 14.4 Å². The summed E-state index contributed by atoms with van der Waals surface area (Å²) in [5.74, 6) is 0.760. The van der Waals surface area contributed by atoms with E-state index >= 15 is 0 Å². The summed E-state index contributed by atoms with van der Waals surface area (Å²) in [6, 6.07) is 20.0. The highest BCUT2D eigenvalue weighted by molar-refractivity contribution is 7.99. The Hall–Kier alpha value is -2.63. The standard InChI is InChI=1S/C21H16NO2S2/c1-15-7-9-17(10-8-15)25-20-12-22(24-16-5-3-2-4-6-16)13-21-19(20)11-18(14-23)26-21/h2-14H,1H3/q+1. The van der Waals surface area contributed by atoms with E-state index in [4.69, 9.17) is 4.84 Å². The number of hydrogen-bond donors (Lipinski definition) is 0. The summed E-state index contributed by atoms with van der Waals surface area (Å²) < 4.78 is 2.72. The molecule has 0 N–H and O–H groups in total. The lowest BCUT2D eigenvalue weighted by atomic mass is 10.2. The Labute approximate surface area is 159 Å². The van der Waals surface area contributed by atoms with Crippen molar-refractivity contribution in [1.29, 1.82) is 0 Å². The minimum absolute atomic E-state index is 0.711. The van der Waals surface area contributed by atoms with Gasteiger partial charge in [-0.15, -0.1) is 11.3 Å². The molecule has 0 aliphatic rings. The second kappa shape index (κ2) is 7.32. The maximum absolute atomic E-state index is 11.2. The quantitative estimate of drug-likeness (QED) is 0.349. The molecule has 0 aliphatic heterocycles. The number of nitrogens with zero attached hydrogens (tertiary/aromatic N) is 1. The molecule has 128 valence electrons. The first kappa shape index (κ1) is 16.8. The van der Waals surface area contributed by atoms with Gasteiger partial charge in [-0.2, -0.15) is 0 Å². The van der Waals surface area contributed by atoms with Crippen molar-refractivity contribution in [2.24, 2.45) is 0 Å². The van der Waals surface area contributed by atoms with Crippen LogP contribution < -0.4 is 9.57 Å². The van der Waals surface area contributed by atoms with Crippen LogP contribution in [-0.4, -0.2) is 6.29 Å². The summed E-state index contributed by atoms with van der Waals surface area (Å²) in [5.41, 5.74) is 1.23. The Morgan fingerprint density at radius 1 is 1.04 bits per heavy atom. The van der Waals surface area contributed by atoms with Crippen LogP contribution in [-0.2, 0) is 0 Å². The molecule has 0 unspecified atom stereocenters. The highest BCUT2D eigenvalue weighted by Gasteiger charge is 2.17. The molecule has 2 aromatic heterocycles. The van der Waals surface area contributed by atoms with Gasteiger partial charge in [0.15, 0.2) is 6.29 Å². The van der Waals surface area contributed by atoms with Crippen LogP contribution in [0.25, 0.3) is 10.1 Å². The van der Waals surface area contributed by atoms with Crippen molar-refractivity contribution >= 4 is 39.5 Å². The third-order valence-electron chi connectivity index (χ3n) is 3.85. The highest BCUT2D eigenvalue weighted by Crippen LogP contribution is 2.35. The van der Waals surface area contributed by atoms with E-state index in [9.17, 15) is 4.79 Å². The summed E-state index contributed by atoms with van der Waals surface area (Å²) in [7, 11) is 0. The van der Waals surface area contributed by atoms with Crippen molar-refractivity contribution in [3.05, 3.63) is 83.5 Å². The number of para-hydroxylation sites is 1. The van der Waals surface area contributed by atoms with Gasteiger partial charge < -0.3 is 0 Å². The molecule has 0 radical (unpaired) electrons. The number of carbonyl (C=O) groups excluding carboxylic acids is 1. The van der Waals surface area contributed by atoms with Gasteiger partial charge in [0.1, 0.15) is 4.70 Å². The SMILES string of the molecule is Cc1ccc(Sc2c[n+](Oc3ccccc3)cc3sc(C=O)cc23)cc1. The molecular weight excluding hydrogens is 362 g/mol. The number of benzene rings is 2. The maximum atomic E-state index is 11.2. The van der Waals surface area contributed by atoms with Crippen LogP contribution in [0.5, 0.6) is 5.75 Å². The van der Waals surface area contributed by atoms with Gasteiger partial charge in [0.05, 0.1) is 9.77 Å². The first-order chi connectivity index (χ1) is 12.7. The average Bonchev–Trinajstić information content (AvgIpc) is 3.08. The van der Waals surface area contributed by atoms with Crippen LogP contribution in [0.4, 0.5) is 0 Å². The molecule has 4 aromatic rings. The molecule has 0 atom stereocenters. The predicted molar refractivity (Wildman–Crippen MR) is 105 cm³/mol. The van der Waals surface area contributed by atoms with Crippen LogP contribution in [0, 0.1) is 6.92 Å². The molecule has 0 amide bonds. The van der Waals surface area contributed by atoms with E-state index in [1.165, 1.54) is 16.9 Å². The zero-order valence-electron chi connectivity index (χ0n) is 14.1. The first-order valence-electron chi connectivity index (χ1n) is 8.13. The smallest absolute Gasteiger partial charge is 0.240 e. The Morgan fingerprint density at radius 3 is 2.54 bits per heavy atom. The molecule has 2 aromatic carbocycles. The topological polar surface area (TPSA) is 30.2 Å².